The molecule has 1 saturated heterocycles. The number of nitrogens with one attached hydrogen (secondary N) is 1. The Hall–Kier alpha value is -1.09. The maximum absolute atomic E-state index is 13.4. The topological polar surface area (TPSA) is 21.3 Å². The number of hydrogen-bond acceptors (Lipinski definition) is 2. The molecule has 0 amide bonds. The van der Waals surface area contributed by atoms with Crippen molar-refractivity contribution in [2.45, 2.75) is 38.4 Å². The van der Waals surface area contributed by atoms with E-state index < -0.39 is 6.17 Å². The van der Waals surface area contributed by atoms with Gasteiger partial charge in [0.25, 0.3) is 0 Å². The van der Waals surface area contributed by atoms with Gasteiger partial charge < -0.3 is 10.1 Å². The number of halogens is 1. The van der Waals surface area contributed by atoms with Gasteiger partial charge in [-0.15, -0.1) is 0 Å². The summed E-state index contributed by atoms with van der Waals surface area (Å²) in [6.45, 7) is 4.73. The van der Waals surface area contributed by atoms with Gasteiger partial charge in [-0.1, -0.05) is 6.07 Å². The van der Waals surface area contributed by atoms with E-state index >= 15 is 0 Å². The summed E-state index contributed by atoms with van der Waals surface area (Å²) in [6.07, 6.45) is 1.27. The Morgan fingerprint density at radius 1 is 1.47 bits per heavy atom. The SMILES string of the molecule is COc1ccc(C(C)F)cc1C1(C)CCCN1. The van der Waals surface area contributed by atoms with Crippen LogP contribution in [-0.2, 0) is 5.54 Å². The summed E-state index contributed by atoms with van der Waals surface area (Å²) < 4.78 is 18.8. The van der Waals surface area contributed by atoms with Crippen molar-refractivity contribution < 1.29 is 9.13 Å². The highest BCUT2D eigenvalue weighted by Crippen LogP contribution is 2.37. The summed E-state index contributed by atoms with van der Waals surface area (Å²) in [5.74, 6) is 0.839. The van der Waals surface area contributed by atoms with Gasteiger partial charge in [-0.2, -0.15) is 0 Å². The Labute approximate surface area is 102 Å². The summed E-state index contributed by atoms with van der Waals surface area (Å²) in [7, 11) is 1.66. The predicted molar refractivity (Wildman–Crippen MR) is 67.1 cm³/mol. The van der Waals surface area contributed by atoms with Crippen LogP contribution in [0.1, 0.15) is 44.0 Å². The molecule has 94 valence electrons. The molecule has 2 unspecified atom stereocenters. The minimum atomic E-state index is -0.940. The first-order valence-electron chi connectivity index (χ1n) is 6.14. The lowest BCUT2D eigenvalue weighted by molar-refractivity contribution is 0.359. The molecule has 1 aromatic rings. The Morgan fingerprint density at radius 2 is 2.24 bits per heavy atom. The van der Waals surface area contributed by atoms with E-state index in [2.05, 4.69) is 12.2 Å². The lowest BCUT2D eigenvalue weighted by Gasteiger charge is -2.27. The highest BCUT2D eigenvalue weighted by atomic mass is 19.1. The van der Waals surface area contributed by atoms with Gasteiger partial charge >= 0.3 is 0 Å². The van der Waals surface area contributed by atoms with Crippen molar-refractivity contribution in [3.8, 4) is 5.75 Å². The zero-order chi connectivity index (χ0) is 12.5. The minimum absolute atomic E-state index is 0.0871. The number of benzene rings is 1. The smallest absolute Gasteiger partial charge is 0.123 e. The van der Waals surface area contributed by atoms with E-state index in [1.165, 1.54) is 0 Å². The van der Waals surface area contributed by atoms with Gasteiger partial charge in [0.15, 0.2) is 0 Å². The van der Waals surface area contributed by atoms with Crippen LogP contribution >= 0.6 is 0 Å². The molecule has 0 bridgehead atoms. The van der Waals surface area contributed by atoms with E-state index in [4.69, 9.17) is 4.74 Å². The van der Waals surface area contributed by atoms with Crippen LogP contribution < -0.4 is 10.1 Å². The molecule has 3 heteroatoms. The van der Waals surface area contributed by atoms with Crippen molar-refractivity contribution in [3.05, 3.63) is 29.3 Å². The highest BCUT2D eigenvalue weighted by molar-refractivity contribution is 5.43. The molecule has 2 rings (SSSR count). The molecule has 1 aliphatic rings. The number of ether oxygens (including phenoxy) is 1. The standard InChI is InChI=1S/C14H20FNO/c1-10(15)11-5-6-13(17-3)12(9-11)14(2)7-4-8-16-14/h5-6,9-10,16H,4,7-8H2,1-3H3. The lowest BCUT2D eigenvalue weighted by atomic mass is 9.88. The van der Waals surface area contributed by atoms with Crippen molar-refractivity contribution in [1.82, 2.24) is 5.32 Å². The van der Waals surface area contributed by atoms with Crippen LogP contribution in [0.2, 0.25) is 0 Å². The van der Waals surface area contributed by atoms with E-state index in [9.17, 15) is 4.39 Å². The molecule has 1 heterocycles. The zero-order valence-electron chi connectivity index (χ0n) is 10.7. The van der Waals surface area contributed by atoms with Crippen LogP contribution in [0.3, 0.4) is 0 Å². The molecule has 0 aromatic heterocycles. The molecule has 0 radical (unpaired) electrons. The fourth-order valence-corrected chi connectivity index (χ4v) is 2.53. The third-order valence-electron chi connectivity index (χ3n) is 3.65. The van der Waals surface area contributed by atoms with E-state index in [1.807, 2.05) is 12.1 Å². The molecular formula is C14H20FNO. The van der Waals surface area contributed by atoms with Gasteiger partial charge in [0.1, 0.15) is 11.9 Å². The zero-order valence-corrected chi connectivity index (χ0v) is 10.7. The molecule has 1 fully saturated rings. The first-order chi connectivity index (χ1) is 8.07. The molecule has 17 heavy (non-hydrogen) atoms. The number of alkyl halides is 1. The second-order valence-electron chi connectivity index (χ2n) is 4.94. The third-order valence-corrected chi connectivity index (χ3v) is 3.65. The van der Waals surface area contributed by atoms with E-state index in [0.717, 1.165) is 36.3 Å². The first kappa shape index (κ1) is 12.4. The van der Waals surface area contributed by atoms with E-state index in [0.29, 0.717) is 0 Å². The van der Waals surface area contributed by atoms with Crippen LogP contribution in [0.5, 0.6) is 5.75 Å². The lowest BCUT2D eigenvalue weighted by Crippen LogP contribution is -2.33. The second kappa shape index (κ2) is 4.65. The van der Waals surface area contributed by atoms with Gasteiger partial charge in [0.2, 0.25) is 0 Å². The summed E-state index contributed by atoms with van der Waals surface area (Å²) in [5.41, 5.74) is 1.70. The Bertz CT molecular complexity index is 397. The van der Waals surface area contributed by atoms with Crippen molar-refractivity contribution >= 4 is 0 Å². The van der Waals surface area contributed by atoms with Crippen LogP contribution in [0.25, 0.3) is 0 Å². The number of rotatable bonds is 3. The van der Waals surface area contributed by atoms with Gasteiger partial charge in [0.05, 0.1) is 7.11 Å². The average molecular weight is 237 g/mol. The molecule has 2 nitrogen and oxygen atoms in total. The molecular weight excluding hydrogens is 217 g/mol. The fraction of sp³-hybridized carbons (Fsp3) is 0.571. The minimum Gasteiger partial charge on any atom is -0.496 e. The molecule has 1 aromatic carbocycles. The van der Waals surface area contributed by atoms with Crippen LogP contribution in [0, 0.1) is 0 Å². The van der Waals surface area contributed by atoms with Gasteiger partial charge in [-0.05, 0) is 50.9 Å². The summed E-state index contributed by atoms with van der Waals surface area (Å²) in [6, 6.07) is 5.60. The Kier molecular flexibility index (Phi) is 3.38. The largest absolute Gasteiger partial charge is 0.496 e. The van der Waals surface area contributed by atoms with Crippen molar-refractivity contribution in [3.63, 3.8) is 0 Å². The van der Waals surface area contributed by atoms with Gasteiger partial charge in [-0.25, -0.2) is 4.39 Å². The summed E-state index contributed by atoms with van der Waals surface area (Å²) >= 11 is 0. The maximum atomic E-state index is 13.4. The fourth-order valence-electron chi connectivity index (χ4n) is 2.53. The van der Waals surface area contributed by atoms with Crippen molar-refractivity contribution in [2.24, 2.45) is 0 Å². The first-order valence-corrected chi connectivity index (χ1v) is 6.14. The van der Waals surface area contributed by atoms with Crippen LogP contribution in [0.4, 0.5) is 4.39 Å². The summed E-state index contributed by atoms with van der Waals surface area (Å²) in [5, 5.41) is 3.49. The Morgan fingerprint density at radius 3 is 2.76 bits per heavy atom. The van der Waals surface area contributed by atoms with E-state index in [-0.39, 0.29) is 5.54 Å². The highest BCUT2D eigenvalue weighted by Gasteiger charge is 2.33. The molecule has 1 aliphatic heterocycles. The predicted octanol–water partition coefficient (Wildman–Crippen LogP) is 3.32. The molecule has 1 N–H and O–H groups in total. The van der Waals surface area contributed by atoms with Crippen molar-refractivity contribution in [1.29, 1.82) is 0 Å². The number of hydrogen-bond donors (Lipinski definition) is 1. The quantitative estimate of drug-likeness (QED) is 0.870. The molecule has 2 atom stereocenters. The van der Waals surface area contributed by atoms with Gasteiger partial charge in [-0.3, -0.25) is 0 Å². The van der Waals surface area contributed by atoms with E-state index in [1.54, 1.807) is 20.1 Å². The third kappa shape index (κ3) is 2.29. The van der Waals surface area contributed by atoms with Crippen LogP contribution in [0.15, 0.2) is 18.2 Å². The number of methoxy groups -OCH3 is 1. The Balaban J connectivity index is 2.45. The second-order valence-corrected chi connectivity index (χ2v) is 4.94. The normalized spacial score (nSPS) is 25.9. The van der Waals surface area contributed by atoms with Crippen molar-refractivity contribution in [2.75, 3.05) is 13.7 Å². The average Bonchev–Trinajstić information content (AvgIpc) is 2.76. The molecule has 0 saturated carbocycles. The maximum Gasteiger partial charge on any atom is 0.123 e. The summed E-state index contributed by atoms with van der Waals surface area (Å²) in [4.78, 5) is 0. The molecule has 0 spiro atoms. The monoisotopic (exact) mass is 237 g/mol. The molecule has 0 aliphatic carbocycles. The van der Waals surface area contributed by atoms with Crippen LogP contribution in [-0.4, -0.2) is 13.7 Å². The van der Waals surface area contributed by atoms with Gasteiger partial charge in [0, 0.05) is 11.1 Å².